The van der Waals surface area contributed by atoms with E-state index in [1.165, 1.54) is 6.42 Å². The van der Waals surface area contributed by atoms with Crippen LogP contribution in [0.3, 0.4) is 0 Å². The zero-order valence-corrected chi connectivity index (χ0v) is 20.8. The lowest BCUT2D eigenvalue weighted by Gasteiger charge is -2.39. The number of carbonyl (C=O) groups is 1. The van der Waals surface area contributed by atoms with E-state index in [1.807, 2.05) is 49.4 Å². The minimum atomic E-state index is -0.164. The molecular weight excluding hydrogens is 444 g/mol. The summed E-state index contributed by atoms with van der Waals surface area (Å²) in [4.78, 5) is 16.5. The summed E-state index contributed by atoms with van der Waals surface area (Å²) in [6.45, 7) is 8.39. The van der Waals surface area contributed by atoms with Gasteiger partial charge in [0.25, 0.3) is 5.91 Å². The molecule has 6 heteroatoms. The second kappa shape index (κ2) is 11.0. The van der Waals surface area contributed by atoms with Gasteiger partial charge in [-0.2, -0.15) is 0 Å². The molecule has 3 atom stereocenters. The summed E-state index contributed by atoms with van der Waals surface area (Å²) in [5, 5.41) is 14.1. The number of thioether (sulfide) groups is 1. The first-order valence-corrected chi connectivity index (χ1v) is 13.0. The molecule has 1 amide bonds. The standard InChI is InChI=1S/C28H34N2O3S/c1-4-11-21-16-20(17-24(26(21)31)33-5-2)18-25-27(32)30(23-15-10-9-12-19(23)3)28(34-25)29-22-13-7-6-8-14-22/h4,6-8,13-14,16-19,23,28-29,31H,1,5,9-12,15H2,2-3H3/b25-18-/t19-,23-,28?/m0/s1. The van der Waals surface area contributed by atoms with Crippen molar-refractivity contribution in [2.75, 3.05) is 11.9 Å². The van der Waals surface area contributed by atoms with Gasteiger partial charge in [-0.1, -0.05) is 55.8 Å². The van der Waals surface area contributed by atoms with E-state index in [9.17, 15) is 9.90 Å². The fraction of sp³-hybridized carbons (Fsp3) is 0.393. The van der Waals surface area contributed by atoms with Crippen molar-refractivity contribution in [2.24, 2.45) is 5.92 Å². The molecule has 34 heavy (non-hydrogen) atoms. The van der Waals surface area contributed by atoms with Crippen LogP contribution >= 0.6 is 11.8 Å². The Hall–Kier alpha value is -2.86. The maximum Gasteiger partial charge on any atom is 0.262 e. The van der Waals surface area contributed by atoms with Crippen molar-refractivity contribution >= 4 is 29.4 Å². The van der Waals surface area contributed by atoms with Crippen LogP contribution < -0.4 is 10.1 Å². The highest BCUT2D eigenvalue weighted by Gasteiger charge is 2.42. The topological polar surface area (TPSA) is 61.8 Å². The van der Waals surface area contributed by atoms with E-state index in [2.05, 4.69) is 23.7 Å². The van der Waals surface area contributed by atoms with E-state index in [0.717, 1.165) is 36.1 Å². The Labute approximate surface area is 206 Å². The van der Waals surface area contributed by atoms with E-state index in [0.29, 0.717) is 29.6 Å². The van der Waals surface area contributed by atoms with Crippen LogP contribution in [0.2, 0.25) is 0 Å². The van der Waals surface area contributed by atoms with Crippen molar-refractivity contribution in [3.05, 3.63) is 71.2 Å². The fourth-order valence-corrected chi connectivity index (χ4v) is 6.08. The van der Waals surface area contributed by atoms with Gasteiger partial charge in [0.15, 0.2) is 17.0 Å². The summed E-state index contributed by atoms with van der Waals surface area (Å²) < 4.78 is 5.66. The van der Waals surface area contributed by atoms with Crippen LogP contribution in [0, 0.1) is 5.92 Å². The number of phenolic OH excluding ortho intramolecular Hbond substituents is 1. The number of hydrogen-bond donors (Lipinski definition) is 2. The van der Waals surface area contributed by atoms with Crippen molar-refractivity contribution in [3.8, 4) is 11.5 Å². The molecular formula is C28H34N2O3S. The number of carbonyl (C=O) groups excluding carboxylic acids is 1. The van der Waals surface area contributed by atoms with Gasteiger partial charge in [0.1, 0.15) is 0 Å². The van der Waals surface area contributed by atoms with Gasteiger partial charge in [-0.25, -0.2) is 0 Å². The minimum Gasteiger partial charge on any atom is -0.504 e. The zero-order chi connectivity index (χ0) is 24.1. The number of anilines is 1. The molecule has 1 aliphatic heterocycles. The number of benzene rings is 2. The number of amides is 1. The van der Waals surface area contributed by atoms with Crippen LogP contribution in [-0.4, -0.2) is 34.1 Å². The molecule has 4 rings (SSSR count). The third-order valence-electron chi connectivity index (χ3n) is 6.56. The quantitative estimate of drug-likeness (QED) is 0.339. The average molecular weight is 479 g/mol. The first kappa shape index (κ1) is 24.3. The maximum atomic E-state index is 13.7. The molecule has 0 bridgehead atoms. The SMILES string of the molecule is C=CCc1cc(/C=C2\SC(Nc3ccccc3)N([C@H]3CCCC[C@@H]3C)C2=O)cc(OCC)c1O. The Balaban J connectivity index is 1.69. The Morgan fingerprint density at radius 2 is 2.00 bits per heavy atom. The highest BCUT2D eigenvalue weighted by atomic mass is 32.2. The van der Waals surface area contributed by atoms with E-state index in [-0.39, 0.29) is 23.2 Å². The molecule has 2 aliphatic rings. The fourth-order valence-electron chi connectivity index (χ4n) is 4.87. The molecule has 2 N–H and O–H groups in total. The van der Waals surface area contributed by atoms with Crippen molar-refractivity contribution < 1.29 is 14.6 Å². The van der Waals surface area contributed by atoms with Gasteiger partial charge in [-0.05, 0) is 68.0 Å². The van der Waals surface area contributed by atoms with Gasteiger partial charge in [0, 0.05) is 17.3 Å². The number of rotatable bonds is 8. The molecule has 1 saturated heterocycles. The molecule has 180 valence electrons. The summed E-state index contributed by atoms with van der Waals surface area (Å²) in [5.74, 6) is 1.10. The molecule has 2 fully saturated rings. The van der Waals surface area contributed by atoms with Crippen LogP contribution in [0.1, 0.15) is 50.7 Å². The van der Waals surface area contributed by atoms with E-state index >= 15 is 0 Å². The van der Waals surface area contributed by atoms with Gasteiger partial charge >= 0.3 is 0 Å². The van der Waals surface area contributed by atoms with E-state index in [1.54, 1.807) is 23.9 Å². The highest BCUT2D eigenvalue weighted by molar-refractivity contribution is 8.05. The Morgan fingerprint density at radius 1 is 1.24 bits per heavy atom. The lowest BCUT2D eigenvalue weighted by molar-refractivity contribution is -0.129. The monoisotopic (exact) mass is 478 g/mol. The first-order valence-electron chi connectivity index (χ1n) is 12.1. The minimum absolute atomic E-state index is 0.0634. The van der Waals surface area contributed by atoms with Gasteiger partial charge < -0.3 is 20.1 Å². The number of aromatic hydroxyl groups is 1. The van der Waals surface area contributed by atoms with Crippen molar-refractivity contribution in [1.29, 1.82) is 0 Å². The maximum absolute atomic E-state index is 13.7. The van der Waals surface area contributed by atoms with Crippen molar-refractivity contribution in [3.63, 3.8) is 0 Å². The van der Waals surface area contributed by atoms with Crippen LogP contribution in [0.5, 0.6) is 11.5 Å². The van der Waals surface area contributed by atoms with Crippen molar-refractivity contribution in [2.45, 2.75) is 57.5 Å². The number of nitrogens with zero attached hydrogens (tertiary/aromatic N) is 1. The molecule has 1 heterocycles. The number of allylic oxidation sites excluding steroid dienone is 1. The van der Waals surface area contributed by atoms with Crippen LogP contribution in [0.4, 0.5) is 5.69 Å². The average Bonchev–Trinajstić information content (AvgIpc) is 3.12. The van der Waals surface area contributed by atoms with Gasteiger partial charge in [-0.15, -0.1) is 6.58 Å². The van der Waals surface area contributed by atoms with Crippen LogP contribution in [-0.2, 0) is 11.2 Å². The predicted octanol–water partition coefficient (Wildman–Crippen LogP) is 6.41. The smallest absolute Gasteiger partial charge is 0.262 e. The zero-order valence-electron chi connectivity index (χ0n) is 20.0. The summed E-state index contributed by atoms with van der Waals surface area (Å²) in [6.07, 6.45) is 8.76. The highest BCUT2D eigenvalue weighted by Crippen LogP contribution is 2.43. The Kier molecular flexibility index (Phi) is 7.88. The lowest BCUT2D eigenvalue weighted by atomic mass is 9.85. The van der Waals surface area contributed by atoms with Gasteiger partial charge in [0.05, 0.1) is 11.5 Å². The normalized spacial score (nSPS) is 23.8. The molecule has 2 aromatic carbocycles. The molecule has 0 spiro atoms. The van der Waals surface area contributed by atoms with Gasteiger partial charge in [0.2, 0.25) is 0 Å². The van der Waals surface area contributed by atoms with Gasteiger partial charge in [-0.3, -0.25) is 4.79 Å². The lowest BCUT2D eigenvalue weighted by Crippen LogP contribution is -2.48. The van der Waals surface area contributed by atoms with Crippen LogP contribution in [0.25, 0.3) is 6.08 Å². The summed E-state index contributed by atoms with van der Waals surface area (Å²) in [5.41, 5.74) is 2.41. The number of para-hydroxylation sites is 1. The number of nitrogens with one attached hydrogen (secondary N) is 1. The second-order valence-corrected chi connectivity index (χ2v) is 10.1. The summed E-state index contributed by atoms with van der Waals surface area (Å²) in [6, 6.07) is 14.0. The van der Waals surface area contributed by atoms with Crippen LogP contribution in [0.15, 0.2) is 60.0 Å². The number of ether oxygens (including phenoxy) is 1. The molecule has 0 aromatic heterocycles. The summed E-state index contributed by atoms with van der Waals surface area (Å²) >= 11 is 1.56. The van der Waals surface area contributed by atoms with E-state index in [4.69, 9.17) is 4.74 Å². The third kappa shape index (κ3) is 5.27. The number of hydrogen-bond acceptors (Lipinski definition) is 5. The summed E-state index contributed by atoms with van der Waals surface area (Å²) in [7, 11) is 0. The molecule has 1 saturated carbocycles. The Bertz CT molecular complexity index is 1050. The molecule has 5 nitrogen and oxygen atoms in total. The largest absolute Gasteiger partial charge is 0.504 e. The third-order valence-corrected chi connectivity index (χ3v) is 7.68. The van der Waals surface area contributed by atoms with Crippen molar-refractivity contribution in [1.82, 2.24) is 4.90 Å². The predicted molar refractivity (Wildman–Crippen MR) is 141 cm³/mol. The first-order chi connectivity index (χ1) is 16.5. The molecule has 0 radical (unpaired) electrons. The Morgan fingerprint density at radius 3 is 2.71 bits per heavy atom. The molecule has 1 unspecified atom stereocenters. The molecule has 2 aromatic rings. The second-order valence-electron chi connectivity index (χ2n) is 8.98. The van der Waals surface area contributed by atoms with E-state index < -0.39 is 0 Å². The number of phenols is 1. The molecule has 1 aliphatic carbocycles.